The molecule has 0 bridgehead atoms. The average molecular weight is 1520 g/mol. The molecule has 0 aromatic heterocycles. The van der Waals surface area contributed by atoms with Crippen molar-refractivity contribution in [1.29, 1.82) is 0 Å². The van der Waals surface area contributed by atoms with E-state index in [0.717, 1.165) is 114 Å². The van der Waals surface area contributed by atoms with Crippen LogP contribution in [0.1, 0.15) is 441 Å². The fourth-order valence-electron chi connectivity index (χ4n) is 13.1. The molecule has 0 amide bonds. The van der Waals surface area contributed by atoms with Crippen molar-refractivity contribution in [2.75, 3.05) is 39.6 Å². The Morgan fingerprint density at radius 3 is 0.683 bits per heavy atom. The molecule has 0 aliphatic carbocycles. The smallest absolute Gasteiger partial charge is 0.462 e. The second-order valence-electron chi connectivity index (χ2n) is 32.2. The standard InChI is InChI=1S/C85H166O17P2/c1-9-78(8)64-56-48-40-34-35-41-49-57-65-82(87)95-71-80(101-84(89)67-59-51-42-32-28-24-20-16-12-10-14-18-22-26-30-37-45-53-61-75(2)3)73-99-103(91,92)97-69-79(86)70-98-104(93,94)100-74-81(72-96-83(88)66-58-50-44-36-39-47-55-63-77(6)7)102-85(90)68-60-52-43-33-29-25-21-17-13-11-15-19-23-27-31-38-46-54-62-76(4)5/h75-81,86H,9-74H2,1-8H3,(H,91,92)(H,93,94)/t78?,79?,80-,81-/m1/s1. The van der Waals surface area contributed by atoms with E-state index in [-0.39, 0.29) is 25.7 Å². The monoisotopic (exact) mass is 1520 g/mol. The van der Waals surface area contributed by atoms with E-state index >= 15 is 0 Å². The Balaban J connectivity index is 5.18. The van der Waals surface area contributed by atoms with Crippen molar-refractivity contribution >= 4 is 39.5 Å². The number of phosphoric ester groups is 2. The summed E-state index contributed by atoms with van der Waals surface area (Å²) in [5.41, 5.74) is 0. The Kier molecular flexibility index (Phi) is 72.5. The number of carbonyl (C=O) groups excluding carboxylic acids is 4. The SMILES string of the molecule is CCC(C)CCCCCCCCCCC(=O)OC[C@H](COP(=O)(O)OCC(O)COP(=O)(O)OC[C@@H](COC(=O)CCCCCCCCCC(C)C)OC(=O)CCCCCCCCCCCCCCCCCCCCC(C)C)OC(=O)CCCCCCCCCCCCCCCCCCCCC(C)C. The summed E-state index contributed by atoms with van der Waals surface area (Å²) in [5.74, 6) is 1.01. The third-order valence-corrected chi connectivity index (χ3v) is 22.1. The van der Waals surface area contributed by atoms with Crippen LogP contribution in [-0.4, -0.2) is 96.7 Å². The van der Waals surface area contributed by atoms with Gasteiger partial charge in [-0.05, 0) is 49.4 Å². The summed E-state index contributed by atoms with van der Waals surface area (Å²) < 4.78 is 68.8. The molecule has 0 radical (unpaired) electrons. The van der Waals surface area contributed by atoms with Crippen molar-refractivity contribution in [3.05, 3.63) is 0 Å². The summed E-state index contributed by atoms with van der Waals surface area (Å²) in [5, 5.41) is 10.7. The molecule has 6 atom stereocenters. The lowest BCUT2D eigenvalue weighted by Crippen LogP contribution is -2.30. The highest BCUT2D eigenvalue weighted by molar-refractivity contribution is 7.47. The molecule has 0 saturated carbocycles. The van der Waals surface area contributed by atoms with Crippen LogP contribution in [0, 0.1) is 23.7 Å². The fourth-order valence-corrected chi connectivity index (χ4v) is 14.7. The van der Waals surface area contributed by atoms with Gasteiger partial charge >= 0.3 is 39.5 Å². The molecule has 0 spiro atoms. The lowest BCUT2D eigenvalue weighted by atomic mass is 9.99. The molecular formula is C85H166O17P2. The normalized spacial score (nSPS) is 14.2. The molecular weight excluding hydrogens is 1350 g/mol. The van der Waals surface area contributed by atoms with Crippen molar-refractivity contribution in [1.82, 2.24) is 0 Å². The first kappa shape index (κ1) is 102. The van der Waals surface area contributed by atoms with Gasteiger partial charge in [-0.15, -0.1) is 0 Å². The van der Waals surface area contributed by atoms with Crippen LogP contribution >= 0.6 is 15.6 Å². The fraction of sp³-hybridized carbons (Fsp3) is 0.953. The van der Waals surface area contributed by atoms with Crippen LogP contribution in [0.3, 0.4) is 0 Å². The van der Waals surface area contributed by atoms with Gasteiger partial charge in [0.1, 0.15) is 19.3 Å². The summed E-state index contributed by atoms with van der Waals surface area (Å²) in [7, 11) is -9.93. The molecule has 0 aromatic carbocycles. The first-order valence-corrected chi connectivity index (χ1v) is 46.7. The zero-order valence-corrected chi connectivity index (χ0v) is 70.5. The van der Waals surface area contributed by atoms with E-state index < -0.39 is 97.5 Å². The van der Waals surface area contributed by atoms with Crippen molar-refractivity contribution in [3.63, 3.8) is 0 Å². The van der Waals surface area contributed by atoms with E-state index in [4.69, 9.17) is 37.0 Å². The van der Waals surface area contributed by atoms with Crippen molar-refractivity contribution in [3.8, 4) is 0 Å². The second kappa shape index (κ2) is 73.8. The van der Waals surface area contributed by atoms with Gasteiger partial charge in [-0.1, -0.05) is 389 Å². The van der Waals surface area contributed by atoms with Gasteiger partial charge in [0.15, 0.2) is 12.2 Å². The number of aliphatic hydroxyl groups is 1. The largest absolute Gasteiger partial charge is 0.472 e. The highest BCUT2D eigenvalue weighted by atomic mass is 31.2. The van der Waals surface area contributed by atoms with Gasteiger partial charge in [-0.3, -0.25) is 37.3 Å². The van der Waals surface area contributed by atoms with Gasteiger partial charge < -0.3 is 33.8 Å². The van der Waals surface area contributed by atoms with Crippen LogP contribution in [0.2, 0.25) is 0 Å². The van der Waals surface area contributed by atoms with Crippen LogP contribution in [-0.2, 0) is 65.4 Å². The molecule has 17 nitrogen and oxygen atoms in total. The van der Waals surface area contributed by atoms with Crippen LogP contribution in [0.5, 0.6) is 0 Å². The molecule has 4 unspecified atom stereocenters. The molecule has 3 N–H and O–H groups in total. The number of esters is 4. The number of unbranched alkanes of at least 4 members (excludes halogenated alkanes) is 47. The van der Waals surface area contributed by atoms with E-state index in [9.17, 15) is 43.2 Å². The number of hydrogen-bond donors (Lipinski definition) is 3. The van der Waals surface area contributed by atoms with Crippen LogP contribution in [0.4, 0.5) is 0 Å². The van der Waals surface area contributed by atoms with Gasteiger partial charge in [0.05, 0.1) is 26.4 Å². The molecule has 0 saturated heterocycles. The summed E-state index contributed by atoms with van der Waals surface area (Å²) in [6, 6.07) is 0. The highest BCUT2D eigenvalue weighted by Gasteiger charge is 2.30. The van der Waals surface area contributed by atoms with E-state index in [0.29, 0.717) is 31.6 Å². The molecule has 0 heterocycles. The average Bonchev–Trinajstić information content (AvgIpc) is 0.934. The van der Waals surface area contributed by atoms with E-state index in [1.54, 1.807) is 0 Å². The maximum Gasteiger partial charge on any atom is 0.472 e. The molecule has 0 fully saturated rings. The number of hydrogen-bond acceptors (Lipinski definition) is 15. The molecule has 0 aromatic rings. The Bertz CT molecular complexity index is 2030. The maximum absolute atomic E-state index is 13.1. The number of ether oxygens (including phenoxy) is 4. The molecule has 0 aliphatic heterocycles. The quantitative estimate of drug-likeness (QED) is 0.0222. The third kappa shape index (κ3) is 76.8. The van der Waals surface area contributed by atoms with Gasteiger partial charge in [-0.2, -0.15) is 0 Å². The first-order chi connectivity index (χ1) is 50.1. The van der Waals surface area contributed by atoms with E-state index in [1.807, 2.05) is 0 Å². The lowest BCUT2D eigenvalue weighted by Gasteiger charge is -2.21. The van der Waals surface area contributed by atoms with E-state index in [2.05, 4.69) is 55.4 Å². The summed E-state index contributed by atoms with van der Waals surface area (Å²) in [6.45, 7) is 14.3. The third-order valence-electron chi connectivity index (χ3n) is 20.2. The number of carbonyl (C=O) groups is 4. The van der Waals surface area contributed by atoms with Crippen LogP contribution in [0.15, 0.2) is 0 Å². The van der Waals surface area contributed by atoms with Crippen LogP contribution in [0.25, 0.3) is 0 Å². The highest BCUT2D eigenvalue weighted by Crippen LogP contribution is 2.45. The first-order valence-electron chi connectivity index (χ1n) is 43.7. The Morgan fingerprint density at radius 1 is 0.269 bits per heavy atom. The van der Waals surface area contributed by atoms with Gasteiger partial charge in [0.2, 0.25) is 0 Å². The van der Waals surface area contributed by atoms with Crippen LogP contribution < -0.4 is 0 Å². The maximum atomic E-state index is 13.1. The number of aliphatic hydroxyl groups excluding tert-OH is 1. The molecule has 19 heteroatoms. The lowest BCUT2D eigenvalue weighted by molar-refractivity contribution is -0.161. The Hall–Kier alpha value is -1.94. The van der Waals surface area contributed by atoms with Gasteiger partial charge in [0.25, 0.3) is 0 Å². The Morgan fingerprint density at radius 2 is 0.462 bits per heavy atom. The minimum atomic E-state index is -4.96. The summed E-state index contributed by atoms with van der Waals surface area (Å²) >= 11 is 0. The van der Waals surface area contributed by atoms with Gasteiger partial charge in [0, 0.05) is 25.7 Å². The Labute approximate surface area is 638 Å². The number of rotatable bonds is 82. The zero-order chi connectivity index (χ0) is 76.7. The van der Waals surface area contributed by atoms with Crippen molar-refractivity contribution in [2.45, 2.75) is 459 Å². The summed E-state index contributed by atoms with van der Waals surface area (Å²) in [4.78, 5) is 73.1. The number of phosphoric acid groups is 2. The second-order valence-corrected chi connectivity index (χ2v) is 35.2. The minimum Gasteiger partial charge on any atom is -0.462 e. The molecule has 0 aliphatic rings. The predicted molar refractivity (Wildman–Crippen MR) is 428 cm³/mol. The predicted octanol–water partition coefficient (Wildman–Crippen LogP) is 25.6. The van der Waals surface area contributed by atoms with E-state index in [1.165, 1.54) is 238 Å². The minimum absolute atomic E-state index is 0.107. The van der Waals surface area contributed by atoms with Gasteiger partial charge in [-0.25, -0.2) is 9.13 Å². The van der Waals surface area contributed by atoms with Crippen molar-refractivity contribution in [2.24, 2.45) is 23.7 Å². The van der Waals surface area contributed by atoms with Crippen molar-refractivity contribution < 1.29 is 80.2 Å². The summed E-state index contributed by atoms with van der Waals surface area (Å²) in [6.07, 6.45) is 62.7. The topological polar surface area (TPSA) is 237 Å². The molecule has 0 rings (SSSR count). The molecule has 618 valence electrons. The zero-order valence-electron chi connectivity index (χ0n) is 68.7. The molecule has 104 heavy (non-hydrogen) atoms.